The van der Waals surface area contributed by atoms with Crippen molar-refractivity contribution in [2.24, 2.45) is 5.92 Å². The summed E-state index contributed by atoms with van der Waals surface area (Å²) in [4.78, 5) is 10.8. The fraction of sp³-hybridized carbons (Fsp3) is 0.300. The number of allylic oxidation sites excluding steroid dienone is 2. The van der Waals surface area contributed by atoms with Crippen molar-refractivity contribution in [3.05, 3.63) is 75.9 Å². The Labute approximate surface area is 146 Å². The van der Waals surface area contributed by atoms with Gasteiger partial charge in [-0.15, -0.1) is 0 Å². The number of nitrogens with zero attached hydrogens (tertiary/aromatic N) is 1. The first-order valence-corrected chi connectivity index (χ1v) is 8.61. The van der Waals surface area contributed by atoms with Crippen LogP contribution in [0.1, 0.15) is 36.4 Å². The van der Waals surface area contributed by atoms with E-state index in [2.05, 4.69) is 23.5 Å². The van der Waals surface area contributed by atoms with Gasteiger partial charge in [0.1, 0.15) is 5.75 Å². The van der Waals surface area contributed by atoms with Crippen molar-refractivity contribution >= 4 is 11.4 Å². The number of hydrogen-bond donors (Lipinski definition) is 1. The van der Waals surface area contributed by atoms with Gasteiger partial charge in [0.15, 0.2) is 0 Å². The monoisotopic (exact) mass is 336 g/mol. The summed E-state index contributed by atoms with van der Waals surface area (Å²) >= 11 is 0. The summed E-state index contributed by atoms with van der Waals surface area (Å²) in [5.74, 6) is 1.54. The molecule has 128 valence electrons. The van der Waals surface area contributed by atoms with Gasteiger partial charge in [-0.1, -0.05) is 24.3 Å². The van der Waals surface area contributed by atoms with E-state index in [0.29, 0.717) is 18.4 Å². The van der Waals surface area contributed by atoms with Crippen molar-refractivity contribution in [1.29, 1.82) is 0 Å². The fourth-order valence-corrected chi connectivity index (χ4v) is 3.99. The molecule has 0 fully saturated rings. The van der Waals surface area contributed by atoms with Crippen LogP contribution in [-0.2, 0) is 0 Å². The molecule has 0 unspecified atom stereocenters. The predicted octanol–water partition coefficient (Wildman–Crippen LogP) is 4.82. The number of nitro groups is 1. The fourth-order valence-electron chi connectivity index (χ4n) is 3.99. The Bertz CT molecular complexity index is 847. The number of anilines is 1. The van der Waals surface area contributed by atoms with Crippen LogP contribution in [0.15, 0.2) is 54.6 Å². The van der Waals surface area contributed by atoms with E-state index in [1.165, 1.54) is 5.56 Å². The summed E-state index contributed by atoms with van der Waals surface area (Å²) in [5, 5.41) is 14.7. The molecule has 1 N–H and O–H groups in total. The minimum atomic E-state index is -0.334. The summed E-state index contributed by atoms with van der Waals surface area (Å²) in [6.45, 7) is 2.63. The van der Waals surface area contributed by atoms with Crippen molar-refractivity contribution < 1.29 is 9.66 Å². The van der Waals surface area contributed by atoms with Crippen molar-refractivity contribution in [3.8, 4) is 5.75 Å². The molecule has 5 nitrogen and oxygen atoms in total. The molecule has 4 rings (SSSR count). The Kier molecular flexibility index (Phi) is 3.92. The van der Waals surface area contributed by atoms with E-state index in [0.717, 1.165) is 23.4 Å². The topological polar surface area (TPSA) is 64.4 Å². The number of nitrogens with one attached hydrogen (secondary N) is 1. The second kappa shape index (κ2) is 6.24. The summed E-state index contributed by atoms with van der Waals surface area (Å²) in [6.07, 6.45) is 5.43. The van der Waals surface area contributed by atoms with Crippen molar-refractivity contribution in [2.75, 3.05) is 11.9 Å². The van der Waals surface area contributed by atoms with Gasteiger partial charge in [-0.25, -0.2) is 0 Å². The third kappa shape index (κ3) is 2.76. The van der Waals surface area contributed by atoms with Crippen molar-refractivity contribution in [3.63, 3.8) is 0 Å². The van der Waals surface area contributed by atoms with Gasteiger partial charge in [0, 0.05) is 23.7 Å². The summed E-state index contributed by atoms with van der Waals surface area (Å²) in [6, 6.07) is 13.2. The Morgan fingerprint density at radius 2 is 2.16 bits per heavy atom. The molecule has 2 aromatic carbocycles. The van der Waals surface area contributed by atoms with Gasteiger partial charge >= 0.3 is 0 Å². The molecular weight excluding hydrogens is 316 g/mol. The molecule has 0 radical (unpaired) electrons. The molecule has 0 bridgehead atoms. The van der Waals surface area contributed by atoms with Gasteiger partial charge in [0.2, 0.25) is 0 Å². The lowest BCUT2D eigenvalue weighted by atomic mass is 9.77. The van der Waals surface area contributed by atoms with Crippen molar-refractivity contribution in [1.82, 2.24) is 0 Å². The minimum Gasteiger partial charge on any atom is -0.494 e. The maximum Gasteiger partial charge on any atom is 0.269 e. The van der Waals surface area contributed by atoms with Gasteiger partial charge in [-0.05, 0) is 48.6 Å². The van der Waals surface area contributed by atoms with E-state index in [-0.39, 0.29) is 16.7 Å². The highest BCUT2D eigenvalue weighted by Crippen LogP contribution is 2.50. The molecule has 1 aliphatic heterocycles. The molecule has 0 saturated heterocycles. The smallest absolute Gasteiger partial charge is 0.269 e. The largest absolute Gasteiger partial charge is 0.494 e. The van der Waals surface area contributed by atoms with Crippen LogP contribution in [0.2, 0.25) is 0 Å². The average molecular weight is 336 g/mol. The van der Waals surface area contributed by atoms with Crippen LogP contribution in [0.5, 0.6) is 5.75 Å². The number of non-ortho nitro benzene ring substituents is 1. The predicted molar refractivity (Wildman–Crippen MR) is 97.1 cm³/mol. The lowest BCUT2D eigenvalue weighted by Crippen LogP contribution is -2.29. The molecule has 0 aromatic heterocycles. The van der Waals surface area contributed by atoms with Crippen LogP contribution in [-0.4, -0.2) is 11.5 Å². The lowest BCUT2D eigenvalue weighted by Gasteiger charge is -2.37. The number of hydrogen-bond acceptors (Lipinski definition) is 4. The van der Waals surface area contributed by atoms with Gasteiger partial charge < -0.3 is 10.1 Å². The molecule has 1 heterocycles. The lowest BCUT2D eigenvalue weighted by molar-refractivity contribution is -0.384. The van der Waals surface area contributed by atoms with Crippen LogP contribution in [0.3, 0.4) is 0 Å². The summed E-state index contributed by atoms with van der Waals surface area (Å²) in [5.41, 5.74) is 3.42. The van der Waals surface area contributed by atoms with Gasteiger partial charge in [-0.2, -0.15) is 0 Å². The molecule has 1 aliphatic carbocycles. The third-order valence-corrected chi connectivity index (χ3v) is 5.09. The number of nitro benzene ring substituents is 1. The molecule has 2 aliphatic rings. The Hall–Kier alpha value is -2.82. The van der Waals surface area contributed by atoms with Crippen LogP contribution >= 0.6 is 0 Å². The second-order valence-corrected chi connectivity index (χ2v) is 6.51. The van der Waals surface area contributed by atoms with E-state index in [1.54, 1.807) is 18.2 Å². The maximum absolute atomic E-state index is 11.1. The molecule has 5 heteroatoms. The van der Waals surface area contributed by atoms with Crippen LogP contribution in [0.25, 0.3) is 0 Å². The number of benzene rings is 2. The second-order valence-electron chi connectivity index (χ2n) is 6.51. The SMILES string of the molecule is CCOc1ccc2c(c1)[C@@H]1C=CC[C@@H]1[C@H](c1cccc([N+](=O)[O-])c1)N2. The molecule has 25 heavy (non-hydrogen) atoms. The van der Waals surface area contributed by atoms with Gasteiger partial charge in [0.05, 0.1) is 17.6 Å². The first-order valence-electron chi connectivity index (χ1n) is 8.61. The maximum atomic E-state index is 11.1. The summed E-state index contributed by atoms with van der Waals surface area (Å²) in [7, 11) is 0. The molecule has 0 amide bonds. The van der Waals surface area contributed by atoms with Gasteiger partial charge in [0.25, 0.3) is 5.69 Å². The van der Waals surface area contributed by atoms with E-state index < -0.39 is 0 Å². The zero-order valence-corrected chi connectivity index (χ0v) is 14.0. The van der Waals surface area contributed by atoms with E-state index in [1.807, 2.05) is 25.1 Å². The highest BCUT2D eigenvalue weighted by molar-refractivity contribution is 5.62. The van der Waals surface area contributed by atoms with Gasteiger partial charge in [-0.3, -0.25) is 10.1 Å². The number of fused-ring (bicyclic) bond motifs is 3. The Morgan fingerprint density at radius 3 is 2.96 bits per heavy atom. The number of ether oxygens (including phenoxy) is 1. The first kappa shape index (κ1) is 15.7. The Balaban J connectivity index is 1.73. The quantitative estimate of drug-likeness (QED) is 0.494. The molecule has 0 spiro atoms. The van der Waals surface area contributed by atoms with E-state index >= 15 is 0 Å². The highest BCUT2D eigenvalue weighted by atomic mass is 16.6. The van der Waals surface area contributed by atoms with Crippen LogP contribution in [0.4, 0.5) is 11.4 Å². The standard InChI is InChI=1S/C20H20N2O3/c1-2-25-15-9-10-19-18(12-15)16-7-4-8-17(16)20(21-19)13-5-3-6-14(11-13)22(23)24/h3-7,9-12,16-17,20-21H,2,8H2,1H3/t16-,17+,20+/m1/s1. The molecule has 3 atom stereocenters. The van der Waals surface area contributed by atoms with E-state index in [9.17, 15) is 10.1 Å². The highest BCUT2D eigenvalue weighted by Gasteiger charge is 2.38. The molecule has 2 aromatic rings. The van der Waals surface area contributed by atoms with Crippen LogP contribution in [0, 0.1) is 16.0 Å². The average Bonchev–Trinajstić information content (AvgIpc) is 3.11. The summed E-state index contributed by atoms with van der Waals surface area (Å²) < 4.78 is 5.65. The normalized spacial score (nSPS) is 23.5. The third-order valence-electron chi connectivity index (χ3n) is 5.09. The van der Waals surface area contributed by atoms with Crippen molar-refractivity contribution in [2.45, 2.75) is 25.3 Å². The first-order chi connectivity index (χ1) is 12.2. The zero-order valence-electron chi connectivity index (χ0n) is 14.0. The number of rotatable bonds is 4. The molecule has 0 saturated carbocycles. The Morgan fingerprint density at radius 1 is 1.28 bits per heavy atom. The van der Waals surface area contributed by atoms with Crippen LogP contribution < -0.4 is 10.1 Å². The van der Waals surface area contributed by atoms with E-state index in [4.69, 9.17) is 4.74 Å². The molecular formula is C20H20N2O3. The minimum absolute atomic E-state index is 0.0605. The zero-order chi connectivity index (χ0) is 17.4.